The fourth-order valence-corrected chi connectivity index (χ4v) is 3.82. The first-order valence-electron chi connectivity index (χ1n) is 7.89. The van der Waals surface area contributed by atoms with Crippen molar-refractivity contribution in [3.63, 3.8) is 0 Å². The van der Waals surface area contributed by atoms with Crippen LogP contribution in [-0.4, -0.2) is 43.9 Å². The molecule has 1 aliphatic rings. The van der Waals surface area contributed by atoms with Crippen molar-refractivity contribution < 1.29 is 0 Å². The molecule has 1 fully saturated rings. The van der Waals surface area contributed by atoms with Gasteiger partial charge in [-0.2, -0.15) is 5.10 Å². The zero-order valence-electron chi connectivity index (χ0n) is 13.4. The second-order valence-electron chi connectivity index (χ2n) is 6.33. The average Bonchev–Trinajstić information content (AvgIpc) is 2.92. The second-order valence-corrected chi connectivity index (χ2v) is 6.71. The van der Waals surface area contributed by atoms with Gasteiger partial charge < -0.3 is 9.88 Å². The summed E-state index contributed by atoms with van der Waals surface area (Å²) < 4.78 is 5.15. The zero-order valence-corrected chi connectivity index (χ0v) is 14.2. The van der Waals surface area contributed by atoms with Crippen LogP contribution in [0.5, 0.6) is 0 Å². The summed E-state index contributed by atoms with van der Waals surface area (Å²) in [5.74, 6) is 0. The number of aromatic amines is 1. The Morgan fingerprint density at radius 1 is 1.38 bits per heavy atom. The molecule has 3 heterocycles. The Morgan fingerprint density at radius 3 is 2.81 bits per heavy atom. The van der Waals surface area contributed by atoms with Crippen molar-refractivity contribution in [2.75, 3.05) is 13.6 Å². The van der Waals surface area contributed by atoms with Crippen molar-refractivity contribution in [3.05, 3.63) is 10.5 Å². The van der Waals surface area contributed by atoms with Gasteiger partial charge in [-0.15, -0.1) is 0 Å². The first-order chi connectivity index (χ1) is 10.0. The Morgan fingerprint density at radius 2 is 2.14 bits per heavy atom. The van der Waals surface area contributed by atoms with Crippen LogP contribution in [-0.2, 0) is 13.5 Å². The molecule has 0 aromatic carbocycles. The summed E-state index contributed by atoms with van der Waals surface area (Å²) in [6.07, 6.45) is 4.39. The van der Waals surface area contributed by atoms with Gasteiger partial charge in [0.25, 0.3) is 0 Å². The third-order valence-corrected chi connectivity index (χ3v) is 5.10. The molecule has 1 N–H and O–H groups in total. The van der Waals surface area contributed by atoms with Gasteiger partial charge in [0.15, 0.2) is 10.4 Å². The lowest BCUT2D eigenvalue weighted by molar-refractivity contribution is 0.157. The lowest BCUT2D eigenvalue weighted by Gasteiger charge is -2.35. The number of fused-ring (bicyclic) bond motifs is 1. The van der Waals surface area contributed by atoms with Gasteiger partial charge in [0.05, 0.1) is 5.69 Å². The fourth-order valence-electron chi connectivity index (χ4n) is 3.49. The number of hydrogen-bond donors (Lipinski definition) is 1. The normalized spacial score (nSPS) is 24.0. The maximum absolute atomic E-state index is 5.61. The number of nitrogens with one attached hydrogen (secondary N) is 1. The van der Waals surface area contributed by atoms with Crippen molar-refractivity contribution in [3.8, 4) is 0 Å². The van der Waals surface area contributed by atoms with E-state index >= 15 is 0 Å². The molecule has 0 radical (unpaired) electrons. The molecule has 0 spiro atoms. The van der Waals surface area contributed by atoms with Gasteiger partial charge in [0, 0.05) is 25.7 Å². The molecule has 2 unspecified atom stereocenters. The summed E-state index contributed by atoms with van der Waals surface area (Å²) in [4.78, 5) is 5.83. The monoisotopic (exact) mass is 307 g/mol. The molecule has 1 saturated heterocycles. The topological polar surface area (TPSA) is 41.8 Å². The van der Waals surface area contributed by atoms with Gasteiger partial charge in [-0.3, -0.25) is 9.25 Å². The van der Waals surface area contributed by atoms with E-state index in [2.05, 4.69) is 40.4 Å². The lowest BCUT2D eigenvalue weighted by atomic mass is 9.99. The van der Waals surface area contributed by atoms with Gasteiger partial charge in [-0.05, 0) is 45.5 Å². The number of nitrogens with zero attached hydrogens (tertiary/aromatic N) is 4. The third kappa shape index (κ3) is 2.44. The minimum absolute atomic E-state index is 0.474. The Hall–Kier alpha value is -1.14. The molecule has 0 amide bonds. The molecule has 3 rings (SSSR count). The number of piperidine rings is 1. The number of rotatable bonds is 3. The van der Waals surface area contributed by atoms with Crippen LogP contribution in [0.4, 0.5) is 0 Å². The first kappa shape index (κ1) is 14.8. The van der Waals surface area contributed by atoms with Crippen LogP contribution in [0.25, 0.3) is 11.2 Å². The molecular weight excluding hydrogens is 282 g/mol. The quantitative estimate of drug-likeness (QED) is 0.886. The molecule has 0 bridgehead atoms. The average molecular weight is 307 g/mol. The predicted octanol–water partition coefficient (Wildman–Crippen LogP) is 3.04. The van der Waals surface area contributed by atoms with Crippen molar-refractivity contribution in [2.24, 2.45) is 7.05 Å². The van der Waals surface area contributed by atoms with E-state index in [9.17, 15) is 0 Å². The van der Waals surface area contributed by atoms with E-state index in [-0.39, 0.29) is 0 Å². The van der Waals surface area contributed by atoms with Gasteiger partial charge >= 0.3 is 0 Å². The van der Waals surface area contributed by atoms with E-state index in [0.717, 1.165) is 53.9 Å². The molecule has 2 aromatic heterocycles. The highest BCUT2D eigenvalue weighted by Gasteiger charge is 2.27. The van der Waals surface area contributed by atoms with Crippen LogP contribution in [0.15, 0.2) is 0 Å². The molecule has 6 heteroatoms. The second kappa shape index (κ2) is 5.57. The van der Waals surface area contributed by atoms with Gasteiger partial charge in [0.2, 0.25) is 0 Å². The van der Waals surface area contributed by atoms with Crippen LogP contribution in [0.3, 0.4) is 0 Å². The Balaban J connectivity index is 2.06. The van der Waals surface area contributed by atoms with E-state index in [1.807, 2.05) is 11.7 Å². The van der Waals surface area contributed by atoms with E-state index in [4.69, 9.17) is 12.2 Å². The molecule has 2 atom stereocenters. The van der Waals surface area contributed by atoms with Crippen LogP contribution >= 0.6 is 12.2 Å². The fraction of sp³-hybridized carbons (Fsp3) is 0.733. The Bertz CT molecular complexity index is 695. The summed E-state index contributed by atoms with van der Waals surface area (Å²) >= 11 is 5.61. The number of likely N-dealkylation sites (tertiary alicyclic amines) is 1. The number of aryl methyl sites for hydroxylation is 2. The van der Waals surface area contributed by atoms with E-state index in [0.29, 0.717) is 12.1 Å². The lowest BCUT2D eigenvalue weighted by Crippen LogP contribution is -2.38. The third-order valence-electron chi connectivity index (χ3n) is 4.80. The summed E-state index contributed by atoms with van der Waals surface area (Å²) in [5, 5.41) is 4.68. The highest BCUT2D eigenvalue weighted by atomic mass is 32.1. The molecule has 0 aliphatic carbocycles. The molecule has 116 valence electrons. The summed E-state index contributed by atoms with van der Waals surface area (Å²) in [6, 6.07) is 1.07. The van der Waals surface area contributed by atoms with Crippen LogP contribution in [0.2, 0.25) is 0 Å². The number of hydrogen-bond acceptors (Lipinski definition) is 3. The number of aromatic nitrogens is 4. The minimum Gasteiger partial charge on any atom is -0.328 e. The van der Waals surface area contributed by atoms with E-state index in [1.165, 1.54) is 0 Å². The van der Waals surface area contributed by atoms with Crippen molar-refractivity contribution >= 4 is 23.4 Å². The summed E-state index contributed by atoms with van der Waals surface area (Å²) in [6.45, 7) is 5.61. The van der Waals surface area contributed by atoms with Gasteiger partial charge in [0.1, 0.15) is 5.52 Å². The molecule has 1 aliphatic heterocycles. The van der Waals surface area contributed by atoms with Gasteiger partial charge in [-0.25, -0.2) is 0 Å². The molecular formula is C15H25N5S. The zero-order chi connectivity index (χ0) is 15.1. The molecule has 0 saturated carbocycles. The molecule has 5 nitrogen and oxygen atoms in total. The van der Waals surface area contributed by atoms with Crippen molar-refractivity contribution in [1.82, 2.24) is 24.2 Å². The molecule has 21 heavy (non-hydrogen) atoms. The number of H-pyrrole nitrogens is 1. The minimum atomic E-state index is 0.474. The maximum atomic E-state index is 5.61. The van der Waals surface area contributed by atoms with E-state index < -0.39 is 0 Å². The number of imidazole rings is 1. The van der Waals surface area contributed by atoms with Crippen LogP contribution in [0, 0.1) is 4.77 Å². The maximum Gasteiger partial charge on any atom is 0.179 e. The first-order valence-corrected chi connectivity index (χ1v) is 8.30. The summed E-state index contributed by atoms with van der Waals surface area (Å²) in [5.41, 5.74) is 3.43. The smallest absolute Gasteiger partial charge is 0.179 e. The SMILES string of the molecule is CCCc1nn(C)c2c1[nH]c(=S)n2C1CCN(C)C(C)C1. The van der Waals surface area contributed by atoms with Gasteiger partial charge in [-0.1, -0.05) is 13.3 Å². The van der Waals surface area contributed by atoms with Crippen LogP contribution in [0.1, 0.15) is 44.8 Å². The summed E-state index contributed by atoms with van der Waals surface area (Å²) in [7, 11) is 4.23. The Kier molecular flexibility index (Phi) is 3.92. The van der Waals surface area contributed by atoms with E-state index in [1.54, 1.807) is 0 Å². The largest absolute Gasteiger partial charge is 0.328 e. The standard InChI is InChI=1S/C15H25N5S/c1-5-6-12-13-14(19(4)17-12)20(15(21)16-13)11-7-8-18(3)10(2)9-11/h10-11H,5-9H2,1-4H3,(H,16,21). The highest BCUT2D eigenvalue weighted by molar-refractivity contribution is 7.71. The highest BCUT2D eigenvalue weighted by Crippen LogP contribution is 2.30. The van der Waals surface area contributed by atoms with Crippen LogP contribution < -0.4 is 0 Å². The van der Waals surface area contributed by atoms with Crippen molar-refractivity contribution in [1.29, 1.82) is 0 Å². The predicted molar refractivity (Wildman–Crippen MR) is 88.2 cm³/mol. The molecule has 2 aromatic rings. The van der Waals surface area contributed by atoms with Crippen molar-refractivity contribution in [2.45, 2.75) is 51.6 Å². The Labute approximate surface area is 130 Å².